The van der Waals surface area contributed by atoms with Crippen molar-refractivity contribution in [1.82, 2.24) is 0 Å². The van der Waals surface area contributed by atoms with Gasteiger partial charge < -0.3 is 9.47 Å². The van der Waals surface area contributed by atoms with Gasteiger partial charge in [-0.1, -0.05) is 12.1 Å². The van der Waals surface area contributed by atoms with E-state index in [0.29, 0.717) is 6.07 Å². The van der Waals surface area contributed by atoms with E-state index in [0.717, 1.165) is 25.3 Å². The summed E-state index contributed by atoms with van der Waals surface area (Å²) in [6.07, 6.45) is -5.26. The number of alkyl halides is 3. The number of hydrogen-bond donors (Lipinski definition) is 0. The van der Waals surface area contributed by atoms with Gasteiger partial charge in [0.25, 0.3) is 0 Å². The second-order valence-corrected chi connectivity index (χ2v) is 10.1. The van der Waals surface area contributed by atoms with Gasteiger partial charge in [-0.05, 0) is 43.7 Å². The predicted molar refractivity (Wildman–Crippen MR) is 103 cm³/mol. The molecule has 0 amide bonds. The molecular weight excluding hydrogens is 459 g/mol. The molecular formula is C21H19F5O5S. The molecule has 2 aromatic carbocycles. The Morgan fingerprint density at radius 2 is 1.62 bits per heavy atom. The number of halogens is 5. The van der Waals surface area contributed by atoms with Crippen LogP contribution in [-0.4, -0.2) is 38.0 Å². The minimum absolute atomic E-state index is 0.0766. The van der Waals surface area contributed by atoms with E-state index in [1.807, 2.05) is 0 Å². The molecule has 5 nitrogen and oxygen atoms in total. The van der Waals surface area contributed by atoms with Gasteiger partial charge in [-0.25, -0.2) is 22.0 Å². The van der Waals surface area contributed by atoms with Crippen LogP contribution in [0.3, 0.4) is 0 Å². The maximum Gasteiger partial charge on any atom is 0.392 e. The second kappa shape index (κ2) is 7.72. The normalized spacial score (nSPS) is 26.1. The summed E-state index contributed by atoms with van der Waals surface area (Å²) in [5, 5.41) is 0. The zero-order chi connectivity index (χ0) is 24.1. The molecule has 1 saturated heterocycles. The van der Waals surface area contributed by atoms with Crippen LogP contribution in [0.4, 0.5) is 22.0 Å². The smallest absolute Gasteiger partial charge is 0.392 e. The molecule has 32 heavy (non-hydrogen) atoms. The van der Waals surface area contributed by atoms with Gasteiger partial charge in [0.05, 0.1) is 17.2 Å². The fourth-order valence-electron chi connectivity index (χ4n) is 4.07. The second-order valence-electron chi connectivity index (χ2n) is 8.05. The van der Waals surface area contributed by atoms with Crippen LogP contribution in [-0.2, 0) is 19.4 Å². The Hall–Kier alpha value is -2.69. The Morgan fingerprint density at radius 1 is 1.03 bits per heavy atom. The summed E-state index contributed by atoms with van der Waals surface area (Å²) in [4.78, 5) is 12.7. The van der Waals surface area contributed by atoms with Gasteiger partial charge >= 0.3 is 12.1 Å². The number of sulfone groups is 1. The van der Waals surface area contributed by atoms with Crippen LogP contribution in [0.2, 0.25) is 0 Å². The van der Waals surface area contributed by atoms with E-state index in [9.17, 15) is 35.2 Å². The summed E-state index contributed by atoms with van der Waals surface area (Å²) in [7, 11) is -3.58. The van der Waals surface area contributed by atoms with Crippen molar-refractivity contribution in [2.45, 2.75) is 48.5 Å². The number of carbonyl (C=O) groups excluding carboxylic acids is 1. The van der Waals surface area contributed by atoms with Crippen molar-refractivity contribution in [2.24, 2.45) is 0 Å². The lowest BCUT2D eigenvalue weighted by molar-refractivity contribution is -0.183. The van der Waals surface area contributed by atoms with Crippen molar-refractivity contribution >= 4 is 15.8 Å². The molecule has 3 rings (SSSR count). The van der Waals surface area contributed by atoms with Crippen molar-refractivity contribution in [2.75, 3.05) is 6.26 Å². The van der Waals surface area contributed by atoms with Gasteiger partial charge in [0.1, 0.15) is 11.4 Å². The lowest BCUT2D eigenvalue weighted by Gasteiger charge is -2.35. The first-order valence-corrected chi connectivity index (χ1v) is 11.2. The van der Waals surface area contributed by atoms with E-state index >= 15 is 0 Å². The monoisotopic (exact) mass is 478 g/mol. The van der Waals surface area contributed by atoms with Crippen LogP contribution in [0.1, 0.15) is 31.7 Å². The molecule has 3 atom stereocenters. The Balaban J connectivity index is 2.13. The van der Waals surface area contributed by atoms with Crippen LogP contribution in [0, 0.1) is 11.6 Å². The minimum atomic E-state index is -4.72. The van der Waals surface area contributed by atoms with Gasteiger partial charge in [0.2, 0.25) is 5.60 Å². The van der Waals surface area contributed by atoms with Crippen molar-refractivity contribution in [3.8, 4) is 5.75 Å². The molecule has 0 N–H and O–H groups in total. The number of cyclic esters (lactones) is 1. The van der Waals surface area contributed by atoms with Crippen LogP contribution in [0.5, 0.6) is 5.75 Å². The van der Waals surface area contributed by atoms with Gasteiger partial charge in [-0.3, -0.25) is 0 Å². The van der Waals surface area contributed by atoms with Crippen LogP contribution in [0.15, 0.2) is 47.4 Å². The summed E-state index contributed by atoms with van der Waals surface area (Å²) < 4.78 is 101. The largest absolute Gasteiger partial charge is 0.475 e. The average molecular weight is 478 g/mol. The molecule has 1 aliphatic rings. The zero-order valence-corrected chi connectivity index (χ0v) is 18.0. The third kappa shape index (κ3) is 4.57. The van der Waals surface area contributed by atoms with Crippen LogP contribution >= 0.6 is 0 Å². The number of carbonyl (C=O) groups is 1. The van der Waals surface area contributed by atoms with Gasteiger partial charge in [-0.15, -0.1) is 0 Å². The number of ether oxygens (including phenoxy) is 2. The van der Waals surface area contributed by atoms with Crippen molar-refractivity contribution in [3.05, 3.63) is 59.7 Å². The molecule has 1 fully saturated rings. The zero-order valence-electron chi connectivity index (χ0n) is 17.2. The highest BCUT2D eigenvalue weighted by molar-refractivity contribution is 7.90. The first kappa shape index (κ1) is 24.0. The van der Waals surface area contributed by atoms with Crippen molar-refractivity contribution in [3.63, 3.8) is 0 Å². The molecule has 0 aliphatic carbocycles. The highest BCUT2D eigenvalue weighted by Crippen LogP contribution is 2.53. The first-order valence-electron chi connectivity index (χ1n) is 9.29. The van der Waals surface area contributed by atoms with E-state index in [-0.39, 0.29) is 16.2 Å². The van der Waals surface area contributed by atoms with Gasteiger partial charge in [0.15, 0.2) is 21.5 Å². The summed E-state index contributed by atoms with van der Waals surface area (Å²) >= 11 is 0. The summed E-state index contributed by atoms with van der Waals surface area (Å²) in [6.45, 7) is 2.28. The number of rotatable bonds is 5. The SMILES string of the molecule is CC1(Oc2ccc(F)c(F)c2)C(=O)O[C@](C)(CC(F)(F)F)C1c1ccc(S(C)(=O)=O)cc1. The Kier molecular flexibility index (Phi) is 5.78. The Bertz CT molecular complexity index is 1150. The minimum Gasteiger partial charge on any atom is -0.475 e. The van der Waals surface area contributed by atoms with E-state index in [2.05, 4.69) is 0 Å². The number of esters is 1. The summed E-state index contributed by atoms with van der Waals surface area (Å²) in [6, 6.07) is 7.37. The summed E-state index contributed by atoms with van der Waals surface area (Å²) in [5.41, 5.74) is -4.04. The molecule has 11 heteroatoms. The standard InChI is InChI=1S/C21H19F5O5S/c1-19(11-21(24,25)26)17(12-4-7-14(8-5-12)32(3,28)29)20(2,18(27)31-19)30-13-6-9-15(22)16(23)10-13/h4-10,17H,11H2,1-3H3/t17?,19-,20?/m1/s1. The molecule has 0 bridgehead atoms. The predicted octanol–water partition coefficient (Wildman–Crippen LogP) is 4.56. The van der Waals surface area contributed by atoms with Gasteiger partial charge in [-0.2, -0.15) is 13.2 Å². The molecule has 1 heterocycles. The van der Waals surface area contributed by atoms with Gasteiger partial charge in [0, 0.05) is 12.3 Å². The quantitative estimate of drug-likeness (QED) is 0.466. The highest BCUT2D eigenvalue weighted by atomic mass is 32.2. The number of benzene rings is 2. The highest BCUT2D eigenvalue weighted by Gasteiger charge is 2.65. The van der Waals surface area contributed by atoms with Crippen LogP contribution < -0.4 is 4.74 Å². The van der Waals surface area contributed by atoms with E-state index in [4.69, 9.17) is 9.47 Å². The fraction of sp³-hybridized carbons (Fsp3) is 0.381. The Morgan fingerprint density at radius 3 is 2.12 bits per heavy atom. The van der Waals surface area contributed by atoms with E-state index in [1.54, 1.807) is 0 Å². The molecule has 0 aromatic heterocycles. The lowest BCUT2D eigenvalue weighted by Crippen LogP contribution is -2.46. The average Bonchev–Trinajstić information content (AvgIpc) is 2.81. The topological polar surface area (TPSA) is 69.7 Å². The Labute approximate surface area is 181 Å². The van der Waals surface area contributed by atoms with E-state index in [1.165, 1.54) is 31.2 Å². The van der Waals surface area contributed by atoms with Crippen molar-refractivity contribution in [1.29, 1.82) is 0 Å². The number of hydrogen-bond acceptors (Lipinski definition) is 5. The third-order valence-electron chi connectivity index (χ3n) is 5.31. The molecule has 1 aliphatic heterocycles. The lowest BCUT2D eigenvalue weighted by atomic mass is 9.73. The molecule has 2 aromatic rings. The molecule has 2 unspecified atom stereocenters. The summed E-state index contributed by atoms with van der Waals surface area (Å²) in [5.74, 6) is -5.25. The van der Waals surface area contributed by atoms with Crippen LogP contribution in [0.25, 0.3) is 0 Å². The van der Waals surface area contributed by atoms with E-state index < -0.39 is 57.2 Å². The van der Waals surface area contributed by atoms with Crippen molar-refractivity contribution < 1.29 is 44.6 Å². The fourth-order valence-corrected chi connectivity index (χ4v) is 4.70. The molecule has 0 saturated carbocycles. The molecule has 174 valence electrons. The molecule has 0 radical (unpaired) electrons. The third-order valence-corrected chi connectivity index (χ3v) is 6.44. The maximum atomic E-state index is 13.6. The maximum absolute atomic E-state index is 13.6. The first-order chi connectivity index (χ1) is 14.6. The molecule has 0 spiro atoms.